The van der Waals surface area contributed by atoms with E-state index < -0.39 is 0 Å². The molecule has 1 saturated heterocycles. The highest BCUT2D eigenvalue weighted by Gasteiger charge is 2.25. The van der Waals surface area contributed by atoms with Crippen LogP contribution in [0.3, 0.4) is 0 Å². The number of aromatic amines is 1. The van der Waals surface area contributed by atoms with E-state index in [0.29, 0.717) is 11.4 Å². The zero-order valence-electron chi connectivity index (χ0n) is 18.1. The van der Waals surface area contributed by atoms with Crippen LogP contribution in [0.2, 0.25) is 0 Å². The lowest BCUT2D eigenvalue weighted by Crippen LogP contribution is -2.46. The van der Waals surface area contributed by atoms with Crippen LogP contribution in [-0.4, -0.2) is 68.8 Å². The SMILES string of the molecule is Cc1ccnc(N2CCN(Cc3ccc(-c4nn[nH]n4)cc3)CC2)c1C(=O)OC(C)C. The first kappa shape index (κ1) is 20.9. The van der Waals surface area contributed by atoms with Gasteiger partial charge in [-0.25, -0.2) is 9.78 Å². The molecule has 0 aliphatic carbocycles. The quantitative estimate of drug-likeness (QED) is 0.606. The van der Waals surface area contributed by atoms with Crippen LogP contribution in [0.5, 0.6) is 0 Å². The predicted octanol–water partition coefficient (Wildman–Crippen LogP) is 2.46. The van der Waals surface area contributed by atoms with Crippen molar-refractivity contribution in [3.63, 3.8) is 0 Å². The van der Waals surface area contributed by atoms with Crippen LogP contribution in [0, 0.1) is 6.92 Å². The summed E-state index contributed by atoms with van der Waals surface area (Å²) in [6.07, 6.45) is 1.59. The molecule has 0 saturated carbocycles. The minimum Gasteiger partial charge on any atom is -0.459 e. The molecule has 0 amide bonds. The van der Waals surface area contributed by atoms with Gasteiger partial charge in [-0.2, -0.15) is 5.21 Å². The van der Waals surface area contributed by atoms with Gasteiger partial charge in [0.25, 0.3) is 0 Å². The van der Waals surface area contributed by atoms with Gasteiger partial charge in [-0.05, 0) is 43.2 Å². The second-order valence-electron chi connectivity index (χ2n) is 7.98. The number of benzene rings is 1. The number of pyridine rings is 1. The molecule has 1 N–H and O–H groups in total. The Kier molecular flexibility index (Phi) is 6.22. The number of esters is 1. The van der Waals surface area contributed by atoms with Gasteiger partial charge in [0.1, 0.15) is 11.4 Å². The smallest absolute Gasteiger partial charge is 0.342 e. The second kappa shape index (κ2) is 9.22. The Morgan fingerprint density at radius 1 is 1.13 bits per heavy atom. The summed E-state index contributed by atoms with van der Waals surface area (Å²) < 4.78 is 5.45. The number of tetrazole rings is 1. The van der Waals surface area contributed by atoms with Crippen molar-refractivity contribution in [2.45, 2.75) is 33.4 Å². The molecule has 0 atom stereocenters. The molecule has 0 unspecified atom stereocenters. The predicted molar refractivity (Wildman–Crippen MR) is 117 cm³/mol. The van der Waals surface area contributed by atoms with E-state index in [1.165, 1.54) is 5.56 Å². The lowest BCUT2D eigenvalue weighted by atomic mass is 10.1. The number of aromatic nitrogens is 5. The van der Waals surface area contributed by atoms with E-state index in [-0.39, 0.29) is 12.1 Å². The summed E-state index contributed by atoms with van der Waals surface area (Å²) in [6.45, 7) is 9.90. The number of hydrogen-bond acceptors (Lipinski definition) is 8. The first-order valence-electron chi connectivity index (χ1n) is 10.5. The molecule has 0 bridgehead atoms. The highest BCUT2D eigenvalue weighted by molar-refractivity contribution is 5.96. The summed E-state index contributed by atoms with van der Waals surface area (Å²) in [5.74, 6) is 1.01. The number of aryl methyl sites for hydroxylation is 1. The van der Waals surface area contributed by atoms with Gasteiger partial charge in [-0.1, -0.05) is 24.3 Å². The topological polar surface area (TPSA) is 100 Å². The summed E-state index contributed by atoms with van der Waals surface area (Å²) >= 11 is 0. The third-order valence-corrected chi connectivity index (χ3v) is 5.32. The van der Waals surface area contributed by atoms with E-state index in [2.05, 4.69) is 47.5 Å². The monoisotopic (exact) mass is 421 g/mol. The lowest BCUT2D eigenvalue weighted by molar-refractivity contribution is 0.0377. The van der Waals surface area contributed by atoms with Crippen LogP contribution in [0.4, 0.5) is 5.82 Å². The maximum atomic E-state index is 12.6. The van der Waals surface area contributed by atoms with Gasteiger partial charge in [-0.15, -0.1) is 10.2 Å². The molecular weight excluding hydrogens is 394 g/mol. The fourth-order valence-corrected chi connectivity index (χ4v) is 3.73. The van der Waals surface area contributed by atoms with Gasteiger partial charge in [0, 0.05) is 44.5 Å². The van der Waals surface area contributed by atoms with Crippen molar-refractivity contribution in [1.29, 1.82) is 0 Å². The number of ether oxygens (including phenoxy) is 1. The molecule has 1 aliphatic rings. The van der Waals surface area contributed by atoms with Crippen molar-refractivity contribution in [3.8, 4) is 11.4 Å². The van der Waals surface area contributed by atoms with Gasteiger partial charge in [-0.3, -0.25) is 4.90 Å². The molecule has 1 fully saturated rings. The van der Waals surface area contributed by atoms with E-state index >= 15 is 0 Å². The standard InChI is InChI=1S/C22H27N7O2/c1-15(2)31-22(30)19-16(3)8-9-23-21(19)29-12-10-28(11-13-29)14-17-4-6-18(7-5-17)20-24-26-27-25-20/h4-9,15H,10-14H2,1-3H3,(H,24,25,26,27). The second-order valence-corrected chi connectivity index (χ2v) is 7.98. The van der Waals surface area contributed by atoms with Gasteiger partial charge in [0.2, 0.25) is 5.82 Å². The maximum Gasteiger partial charge on any atom is 0.342 e. The summed E-state index contributed by atoms with van der Waals surface area (Å²) in [6, 6.07) is 10.1. The number of hydrogen-bond donors (Lipinski definition) is 1. The maximum absolute atomic E-state index is 12.6. The van der Waals surface area contributed by atoms with Crippen LogP contribution >= 0.6 is 0 Å². The Morgan fingerprint density at radius 3 is 2.52 bits per heavy atom. The molecular formula is C22H27N7O2. The van der Waals surface area contributed by atoms with E-state index in [1.807, 2.05) is 39.0 Å². The van der Waals surface area contributed by atoms with E-state index in [0.717, 1.165) is 49.7 Å². The molecule has 1 aromatic carbocycles. The zero-order valence-corrected chi connectivity index (χ0v) is 18.1. The minimum atomic E-state index is -0.306. The lowest BCUT2D eigenvalue weighted by Gasteiger charge is -2.36. The molecule has 1 aliphatic heterocycles. The Hall–Kier alpha value is -3.33. The Labute approximate surface area is 181 Å². The fraction of sp³-hybridized carbons (Fsp3) is 0.409. The third-order valence-electron chi connectivity index (χ3n) is 5.32. The van der Waals surface area contributed by atoms with E-state index in [9.17, 15) is 4.79 Å². The Balaban J connectivity index is 1.39. The van der Waals surface area contributed by atoms with Crippen LogP contribution in [0.15, 0.2) is 36.5 Å². The minimum absolute atomic E-state index is 0.164. The molecule has 9 heteroatoms. The summed E-state index contributed by atoms with van der Waals surface area (Å²) in [4.78, 5) is 21.8. The van der Waals surface area contributed by atoms with Crippen molar-refractivity contribution in [2.75, 3.05) is 31.1 Å². The third kappa shape index (κ3) is 4.88. The molecule has 0 spiro atoms. The van der Waals surface area contributed by atoms with Crippen molar-refractivity contribution in [3.05, 3.63) is 53.2 Å². The molecule has 4 rings (SSSR count). The number of rotatable bonds is 6. The molecule has 0 radical (unpaired) electrons. The number of carbonyl (C=O) groups is 1. The van der Waals surface area contributed by atoms with Crippen LogP contribution in [0.1, 0.15) is 35.3 Å². The first-order valence-corrected chi connectivity index (χ1v) is 10.5. The Morgan fingerprint density at radius 2 is 1.87 bits per heavy atom. The van der Waals surface area contributed by atoms with Crippen molar-refractivity contribution < 1.29 is 9.53 Å². The molecule has 3 aromatic rings. The number of anilines is 1. The number of nitrogens with one attached hydrogen (secondary N) is 1. The molecule has 9 nitrogen and oxygen atoms in total. The van der Waals surface area contributed by atoms with Gasteiger partial charge in [0.05, 0.1) is 6.10 Å². The fourth-order valence-electron chi connectivity index (χ4n) is 3.73. The first-order chi connectivity index (χ1) is 15.0. The average Bonchev–Trinajstić information content (AvgIpc) is 3.29. The highest BCUT2D eigenvalue weighted by atomic mass is 16.5. The molecule has 162 valence electrons. The van der Waals surface area contributed by atoms with Gasteiger partial charge in [0.15, 0.2) is 0 Å². The molecule has 2 aromatic heterocycles. The number of carbonyl (C=O) groups excluding carboxylic acids is 1. The number of piperazine rings is 1. The average molecular weight is 422 g/mol. The van der Waals surface area contributed by atoms with Crippen LogP contribution in [-0.2, 0) is 11.3 Å². The van der Waals surface area contributed by atoms with Crippen molar-refractivity contribution in [2.24, 2.45) is 0 Å². The Bertz CT molecular complexity index is 1010. The van der Waals surface area contributed by atoms with Crippen LogP contribution < -0.4 is 4.90 Å². The largest absolute Gasteiger partial charge is 0.459 e. The van der Waals surface area contributed by atoms with E-state index in [1.54, 1.807) is 6.20 Å². The normalized spacial score (nSPS) is 14.8. The molecule has 3 heterocycles. The number of H-pyrrole nitrogens is 1. The summed E-state index contributed by atoms with van der Waals surface area (Å²) in [5.41, 5.74) is 3.63. The number of nitrogens with zero attached hydrogens (tertiary/aromatic N) is 6. The highest BCUT2D eigenvalue weighted by Crippen LogP contribution is 2.24. The molecule has 31 heavy (non-hydrogen) atoms. The van der Waals surface area contributed by atoms with Crippen LogP contribution in [0.25, 0.3) is 11.4 Å². The van der Waals surface area contributed by atoms with E-state index in [4.69, 9.17) is 4.74 Å². The summed E-state index contributed by atoms with van der Waals surface area (Å²) in [7, 11) is 0. The van der Waals surface area contributed by atoms with Crippen molar-refractivity contribution >= 4 is 11.8 Å². The summed E-state index contributed by atoms with van der Waals surface area (Å²) in [5, 5.41) is 14.1. The van der Waals surface area contributed by atoms with Gasteiger partial charge < -0.3 is 9.64 Å². The van der Waals surface area contributed by atoms with Crippen molar-refractivity contribution in [1.82, 2.24) is 30.5 Å². The van der Waals surface area contributed by atoms with Gasteiger partial charge >= 0.3 is 5.97 Å². The zero-order chi connectivity index (χ0) is 21.8.